The molecule has 1 aliphatic rings. The van der Waals surface area contributed by atoms with Crippen LogP contribution in [-0.2, 0) is 33.1 Å². The standard InChI is InChI=1S/C20H23N5O4S3/c1-24-19(17-3-2-12-30-17)22-23-20(24)31-14-18(26)21-13-15-4-6-16(7-5-15)32(27,28)25-8-10-29-11-9-25/h2-7,12H,8-11,13-14H2,1H3,(H,21,26). The van der Waals surface area contributed by atoms with E-state index in [1.54, 1.807) is 35.6 Å². The fraction of sp³-hybridized carbons (Fsp3) is 0.350. The predicted molar refractivity (Wildman–Crippen MR) is 123 cm³/mol. The van der Waals surface area contributed by atoms with Crippen molar-refractivity contribution in [3.8, 4) is 10.7 Å². The number of ether oxygens (including phenoxy) is 1. The molecule has 9 nitrogen and oxygen atoms in total. The molecule has 1 amide bonds. The van der Waals surface area contributed by atoms with Gasteiger partial charge in [0.05, 0.1) is 28.7 Å². The summed E-state index contributed by atoms with van der Waals surface area (Å²) in [6.07, 6.45) is 0. The molecule has 1 saturated heterocycles. The van der Waals surface area contributed by atoms with Crippen LogP contribution < -0.4 is 5.32 Å². The van der Waals surface area contributed by atoms with Gasteiger partial charge in [-0.15, -0.1) is 21.5 Å². The summed E-state index contributed by atoms with van der Waals surface area (Å²) in [5.74, 6) is 0.843. The van der Waals surface area contributed by atoms with Crippen molar-refractivity contribution in [2.24, 2.45) is 7.05 Å². The van der Waals surface area contributed by atoms with Crippen LogP contribution in [0.1, 0.15) is 5.56 Å². The summed E-state index contributed by atoms with van der Waals surface area (Å²) in [6.45, 7) is 1.85. The number of hydrogen-bond acceptors (Lipinski definition) is 8. The van der Waals surface area contributed by atoms with E-state index < -0.39 is 10.0 Å². The number of aromatic nitrogens is 3. The van der Waals surface area contributed by atoms with Crippen molar-refractivity contribution >= 4 is 39.0 Å². The summed E-state index contributed by atoms with van der Waals surface area (Å²) in [5, 5.41) is 13.9. The molecule has 1 fully saturated rings. The zero-order chi connectivity index (χ0) is 22.6. The second-order valence-electron chi connectivity index (χ2n) is 7.07. The van der Waals surface area contributed by atoms with Crippen LogP contribution in [0.2, 0.25) is 0 Å². The van der Waals surface area contributed by atoms with Crippen LogP contribution in [-0.4, -0.2) is 65.5 Å². The minimum Gasteiger partial charge on any atom is -0.379 e. The van der Waals surface area contributed by atoms with Crippen molar-refractivity contribution in [2.45, 2.75) is 16.6 Å². The first-order chi connectivity index (χ1) is 15.4. The molecule has 2 aromatic heterocycles. The van der Waals surface area contributed by atoms with E-state index in [4.69, 9.17) is 4.74 Å². The largest absolute Gasteiger partial charge is 0.379 e. The van der Waals surface area contributed by atoms with Gasteiger partial charge in [-0.05, 0) is 29.1 Å². The van der Waals surface area contributed by atoms with E-state index in [1.165, 1.54) is 16.1 Å². The van der Waals surface area contributed by atoms with Gasteiger partial charge in [0.25, 0.3) is 0 Å². The molecule has 170 valence electrons. The Morgan fingerprint density at radius 1 is 1.19 bits per heavy atom. The zero-order valence-corrected chi connectivity index (χ0v) is 19.9. The number of thioether (sulfide) groups is 1. The molecule has 3 aromatic rings. The first-order valence-corrected chi connectivity index (χ1v) is 13.3. The highest BCUT2D eigenvalue weighted by atomic mass is 32.2. The van der Waals surface area contributed by atoms with Gasteiger partial charge in [-0.25, -0.2) is 8.42 Å². The Kier molecular flexibility index (Phi) is 7.26. The molecule has 3 heterocycles. The maximum atomic E-state index is 12.7. The monoisotopic (exact) mass is 493 g/mol. The maximum absolute atomic E-state index is 12.7. The van der Waals surface area contributed by atoms with Crippen LogP contribution in [0.3, 0.4) is 0 Å². The van der Waals surface area contributed by atoms with Gasteiger partial charge in [0.1, 0.15) is 0 Å². The third kappa shape index (κ3) is 5.21. The van der Waals surface area contributed by atoms with Gasteiger partial charge >= 0.3 is 0 Å². The lowest BCUT2D eigenvalue weighted by molar-refractivity contribution is -0.118. The Bertz CT molecular complexity index is 1150. The fourth-order valence-electron chi connectivity index (χ4n) is 3.16. The topological polar surface area (TPSA) is 106 Å². The summed E-state index contributed by atoms with van der Waals surface area (Å²) < 4.78 is 33.9. The summed E-state index contributed by atoms with van der Waals surface area (Å²) in [4.78, 5) is 13.5. The lowest BCUT2D eigenvalue weighted by Gasteiger charge is -2.26. The third-order valence-electron chi connectivity index (χ3n) is 4.93. The SMILES string of the molecule is Cn1c(SCC(=O)NCc2ccc(S(=O)(=O)N3CCOCC3)cc2)nnc1-c1cccs1. The second kappa shape index (κ2) is 10.1. The smallest absolute Gasteiger partial charge is 0.243 e. The van der Waals surface area contributed by atoms with E-state index in [-0.39, 0.29) is 16.6 Å². The molecule has 0 saturated carbocycles. The minimum atomic E-state index is -3.52. The van der Waals surface area contributed by atoms with E-state index in [0.29, 0.717) is 38.0 Å². The van der Waals surface area contributed by atoms with Crippen LogP contribution in [0.15, 0.2) is 51.8 Å². The quantitative estimate of drug-likeness (QED) is 0.478. The molecule has 0 unspecified atom stereocenters. The number of nitrogens with one attached hydrogen (secondary N) is 1. The molecule has 0 atom stereocenters. The van der Waals surface area contributed by atoms with E-state index in [0.717, 1.165) is 16.3 Å². The van der Waals surface area contributed by atoms with Gasteiger partial charge in [-0.1, -0.05) is 30.0 Å². The number of rotatable bonds is 8. The highest BCUT2D eigenvalue weighted by Crippen LogP contribution is 2.26. The van der Waals surface area contributed by atoms with Crippen LogP contribution in [0, 0.1) is 0 Å². The molecule has 0 spiro atoms. The summed E-state index contributed by atoms with van der Waals surface area (Å²) in [5.41, 5.74) is 0.822. The fourth-order valence-corrected chi connectivity index (χ4v) is 6.05. The third-order valence-corrected chi connectivity index (χ3v) is 8.73. The molecule has 1 aromatic carbocycles. The number of benzene rings is 1. The number of hydrogen-bond donors (Lipinski definition) is 1. The van der Waals surface area contributed by atoms with E-state index in [1.807, 2.05) is 29.1 Å². The number of carbonyl (C=O) groups is 1. The van der Waals surface area contributed by atoms with Gasteiger partial charge in [0.2, 0.25) is 15.9 Å². The Labute approximate surface area is 194 Å². The van der Waals surface area contributed by atoms with Crippen molar-refractivity contribution in [1.82, 2.24) is 24.4 Å². The lowest BCUT2D eigenvalue weighted by Crippen LogP contribution is -2.40. The number of sulfonamides is 1. The maximum Gasteiger partial charge on any atom is 0.243 e. The van der Waals surface area contributed by atoms with Crippen molar-refractivity contribution in [1.29, 1.82) is 0 Å². The summed E-state index contributed by atoms with van der Waals surface area (Å²) in [7, 11) is -1.64. The molecule has 0 bridgehead atoms. The molecule has 4 rings (SSSR count). The number of amides is 1. The second-order valence-corrected chi connectivity index (χ2v) is 10.9. The zero-order valence-electron chi connectivity index (χ0n) is 17.4. The number of morpholine rings is 1. The van der Waals surface area contributed by atoms with Gasteiger partial charge < -0.3 is 14.6 Å². The average molecular weight is 494 g/mol. The van der Waals surface area contributed by atoms with Gasteiger partial charge in [0, 0.05) is 26.7 Å². The Morgan fingerprint density at radius 2 is 1.94 bits per heavy atom. The van der Waals surface area contributed by atoms with Crippen molar-refractivity contribution in [2.75, 3.05) is 32.1 Å². The first-order valence-electron chi connectivity index (χ1n) is 9.95. The summed E-state index contributed by atoms with van der Waals surface area (Å²) in [6, 6.07) is 10.5. The summed E-state index contributed by atoms with van der Waals surface area (Å²) >= 11 is 2.90. The molecule has 0 radical (unpaired) electrons. The molecule has 12 heteroatoms. The molecule has 0 aliphatic carbocycles. The average Bonchev–Trinajstić information content (AvgIpc) is 3.47. The van der Waals surface area contributed by atoms with Gasteiger partial charge in [-0.3, -0.25) is 4.79 Å². The van der Waals surface area contributed by atoms with Gasteiger partial charge in [0.15, 0.2) is 11.0 Å². The van der Waals surface area contributed by atoms with E-state index in [2.05, 4.69) is 15.5 Å². The van der Waals surface area contributed by atoms with Crippen molar-refractivity contribution in [3.63, 3.8) is 0 Å². The van der Waals surface area contributed by atoms with Crippen LogP contribution >= 0.6 is 23.1 Å². The number of nitrogens with zero attached hydrogens (tertiary/aromatic N) is 4. The normalized spacial score (nSPS) is 15.0. The number of carbonyl (C=O) groups excluding carboxylic acids is 1. The highest BCUT2D eigenvalue weighted by Gasteiger charge is 2.26. The van der Waals surface area contributed by atoms with E-state index in [9.17, 15) is 13.2 Å². The molecule has 32 heavy (non-hydrogen) atoms. The van der Waals surface area contributed by atoms with Crippen LogP contribution in [0.5, 0.6) is 0 Å². The molecular weight excluding hydrogens is 470 g/mol. The number of thiophene rings is 1. The van der Waals surface area contributed by atoms with Crippen molar-refractivity contribution in [3.05, 3.63) is 47.3 Å². The Morgan fingerprint density at radius 3 is 2.62 bits per heavy atom. The molecular formula is C20H23N5O4S3. The first kappa shape index (κ1) is 22.9. The van der Waals surface area contributed by atoms with E-state index >= 15 is 0 Å². The van der Waals surface area contributed by atoms with Gasteiger partial charge in [-0.2, -0.15) is 4.31 Å². The lowest BCUT2D eigenvalue weighted by atomic mass is 10.2. The molecule has 1 N–H and O–H groups in total. The Hall–Kier alpha value is -2.25. The molecule has 1 aliphatic heterocycles. The predicted octanol–water partition coefficient (Wildman–Crippen LogP) is 1.97. The van der Waals surface area contributed by atoms with Crippen LogP contribution in [0.4, 0.5) is 0 Å². The minimum absolute atomic E-state index is 0.138. The van der Waals surface area contributed by atoms with Crippen LogP contribution in [0.25, 0.3) is 10.7 Å². The van der Waals surface area contributed by atoms with Crippen molar-refractivity contribution < 1.29 is 17.9 Å². The Balaban J connectivity index is 1.28. The highest BCUT2D eigenvalue weighted by molar-refractivity contribution is 7.99.